The van der Waals surface area contributed by atoms with Gasteiger partial charge in [0.1, 0.15) is 17.8 Å². The minimum atomic E-state index is -1.20. The number of nitrogens with zero attached hydrogens (tertiary/aromatic N) is 6. The highest BCUT2D eigenvalue weighted by Crippen LogP contribution is 2.27. The van der Waals surface area contributed by atoms with Crippen LogP contribution in [0.25, 0.3) is 16.8 Å². The van der Waals surface area contributed by atoms with Gasteiger partial charge in [-0.05, 0) is 18.6 Å². The van der Waals surface area contributed by atoms with Gasteiger partial charge in [0.25, 0.3) is 0 Å². The zero-order valence-corrected chi connectivity index (χ0v) is 15.5. The van der Waals surface area contributed by atoms with E-state index in [1.165, 1.54) is 6.08 Å². The Morgan fingerprint density at radius 2 is 2.14 bits per heavy atom. The lowest BCUT2D eigenvalue weighted by atomic mass is 10.1. The number of halogens is 1. The van der Waals surface area contributed by atoms with Crippen molar-refractivity contribution in [1.82, 2.24) is 29.3 Å². The van der Waals surface area contributed by atoms with E-state index in [1.807, 2.05) is 13.2 Å². The molecule has 1 aliphatic rings. The molecule has 0 spiro atoms. The number of amides is 1. The molecular formula is C19H21FN6O2. The Bertz CT molecular complexity index is 1010. The first kappa shape index (κ1) is 18.1. The van der Waals surface area contributed by atoms with Crippen molar-refractivity contribution in [1.29, 1.82) is 0 Å². The van der Waals surface area contributed by atoms with Crippen molar-refractivity contribution in [2.75, 3.05) is 13.1 Å². The number of carbonyl (C=O) groups excluding carboxylic acids is 1. The molecule has 2 atom stereocenters. The Labute approximate surface area is 161 Å². The number of aryl methyl sites for hydroxylation is 1. The quantitative estimate of drug-likeness (QED) is 0.643. The molecule has 1 saturated heterocycles. The van der Waals surface area contributed by atoms with E-state index in [2.05, 4.69) is 21.8 Å². The van der Waals surface area contributed by atoms with Gasteiger partial charge in [-0.1, -0.05) is 6.58 Å². The average molecular weight is 384 g/mol. The Morgan fingerprint density at radius 1 is 1.32 bits per heavy atom. The van der Waals surface area contributed by atoms with Crippen molar-refractivity contribution in [3.63, 3.8) is 0 Å². The highest BCUT2D eigenvalue weighted by Gasteiger charge is 2.30. The Kier molecular flexibility index (Phi) is 4.81. The van der Waals surface area contributed by atoms with Gasteiger partial charge in [-0.15, -0.1) is 0 Å². The van der Waals surface area contributed by atoms with E-state index in [0.717, 1.165) is 5.56 Å². The Hall–Kier alpha value is -3.23. The smallest absolute Gasteiger partial charge is 0.245 e. The topological polar surface area (TPSA) is 77.6 Å². The molecule has 1 aliphatic heterocycles. The van der Waals surface area contributed by atoms with E-state index < -0.39 is 12.3 Å². The van der Waals surface area contributed by atoms with Crippen LogP contribution in [-0.4, -0.2) is 60.6 Å². The van der Waals surface area contributed by atoms with E-state index >= 15 is 0 Å². The van der Waals surface area contributed by atoms with Crippen molar-refractivity contribution < 1.29 is 13.9 Å². The first-order valence-corrected chi connectivity index (χ1v) is 9.10. The third kappa shape index (κ3) is 3.47. The molecule has 4 rings (SSSR count). The number of carbonyl (C=O) groups is 1. The van der Waals surface area contributed by atoms with Crippen LogP contribution in [0.4, 0.5) is 4.39 Å². The van der Waals surface area contributed by atoms with Gasteiger partial charge >= 0.3 is 0 Å². The maximum atomic E-state index is 14.7. The van der Waals surface area contributed by atoms with Gasteiger partial charge in [0, 0.05) is 38.3 Å². The third-order valence-electron chi connectivity index (χ3n) is 4.87. The summed E-state index contributed by atoms with van der Waals surface area (Å²) in [4.78, 5) is 18.0. The van der Waals surface area contributed by atoms with Crippen LogP contribution in [0.15, 0.2) is 43.5 Å². The lowest BCUT2D eigenvalue weighted by molar-refractivity contribution is -0.126. The number of ether oxygens (including phenoxy) is 1. The van der Waals surface area contributed by atoms with Crippen LogP contribution in [0, 0.1) is 0 Å². The Balaban J connectivity index is 1.62. The van der Waals surface area contributed by atoms with Crippen molar-refractivity contribution in [2.45, 2.75) is 25.1 Å². The maximum absolute atomic E-state index is 14.7. The number of hydrogen-bond donors (Lipinski definition) is 0. The average Bonchev–Trinajstić information content (AvgIpc) is 3.30. The molecule has 3 aromatic heterocycles. The second kappa shape index (κ2) is 7.41. The van der Waals surface area contributed by atoms with Crippen LogP contribution in [-0.2, 0) is 11.8 Å². The molecular weight excluding hydrogens is 363 g/mol. The largest absolute Gasteiger partial charge is 0.470 e. The molecule has 0 aromatic carbocycles. The summed E-state index contributed by atoms with van der Waals surface area (Å²) >= 11 is 0. The summed E-state index contributed by atoms with van der Waals surface area (Å²) in [5.41, 5.74) is 2.10. The van der Waals surface area contributed by atoms with Gasteiger partial charge in [-0.3, -0.25) is 9.48 Å². The molecule has 3 aromatic rings. The van der Waals surface area contributed by atoms with Crippen molar-refractivity contribution in [3.8, 4) is 17.1 Å². The van der Waals surface area contributed by atoms with E-state index in [1.54, 1.807) is 38.8 Å². The van der Waals surface area contributed by atoms with Gasteiger partial charge in [0.2, 0.25) is 11.8 Å². The molecule has 1 fully saturated rings. The van der Waals surface area contributed by atoms with E-state index in [0.29, 0.717) is 36.6 Å². The van der Waals surface area contributed by atoms with Gasteiger partial charge in [0.15, 0.2) is 0 Å². The number of aromatic nitrogens is 5. The number of rotatable bonds is 4. The molecule has 4 heterocycles. The fourth-order valence-corrected chi connectivity index (χ4v) is 3.34. The second-order valence-electron chi connectivity index (χ2n) is 6.77. The highest BCUT2D eigenvalue weighted by molar-refractivity contribution is 5.87. The number of fused-ring (bicyclic) bond motifs is 1. The molecule has 0 radical (unpaired) electrons. The summed E-state index contributed by atoms with van der Waals surface area (Å²) in [6, 6.07) is 1.77. The SMILES string of the molecule is C=CC(=O)N1CC[C@H](Oc2nc(-c3cnn(C)c3)cn3nccc23)[C@@H](F)CC1. The standard InChI is InChI=1S/C19H21FN6O2/c1-3-18(27)25-8-5-14(20)17(6-9-25)28-19-16-4-7-21-26(16)12-15(23-19)13-10-22-24(2)11-13/h3-4,7,10-12,14,17H,1,5-6,8-9H2,2H3/t14-,17-/m0/s1. The molecule has 0 unspecified atom stereocenters. The van der Waals surface area contributed by atoms with Crippen LogP contribution in [0.2, 0.25) is 0 Å². The molecule has 0 saturated carbocycles. The van der Waals surface area contributed by atoms with Crippen LogP contribution >= 0.6 is 0 Å². The molecule has 0 N–H and O–H groups in total. The maximum Gasteiger partial charge on any atom is 0.245 e. The molecule has 8 nitrogen and oxygen atoms in total. The molecule has 0 bridgehead atoms. The van der Waals surface area contributed by atoms with Crippen molar-refractivity contribution >= 4 is 11.4 Å². The van der Waals surface area contributed by atoms with Gasteiger partial charge in [-0.25, -0.2) is 13.9 Å². The first-order chi connectivity index (χ1) is 13.5. The Morgan fingerprint density at radius 3 is 2.89 bits per heavy atom. The monoisotopic (exact) mass is 384 g/mol. The molecule has 28 heavy (non-hydrogen) atoms. The number of alkyl halides is 1. The van der Waals surface area contributed by atoms with Gasteiger partial charge in [-0.2, -0.15) is 10.2 Å². The van der Waals surface area contributed by atoms with Crippen LogP contribution < -0.4 is 4.74 Å². The summed E-state index contributed by atoms with van der Waals surface area (Å²) < 4.78 is 24.1. The van der Waals surface area contributed by atoms with Crippen LogP contribution in [0.5, 0.6) is 5.88 Å². The minimum Gasteiger partial charge on any atom is -0.470 e. The summed E-state index contributed by atoms with van der Waals surface area (Å²) in [6.07, 6.45) is 6.90. The molecule has 0 aliphatic carbocycles. The summed E-state index contributed by atoms with van der Waals surface area (Å²) in [6.45, 7) is 4.25. The summed E-state index contributed by atoms with van der Waals surface area (Å²) in [5, 5.41) is 8.43. The number of hydrogen-bond acceptors (Lipinski definition) is 5. The lowest BCUT2D eigenvalue weighted by Gasteiger charge is -2.20. The molecule has 9 heteroatoms. The minimum absolute atomic E-state index is 0.192. The fraction of sp³-hybridized carbons (Fsp3) is 0.368. The van der Waals surface area contributed by atoms with E-state index in [4.69, 9.17) is 4.74 Å². The predicted molar refractivity (Wildman–Crippen MR) is 101 cm³/mol. The molecule has 1 amide bonds. The third-order valence-corrected chi connectivity index (χ3v) is 4.87. The van der Waals surface area contributed by atoms with Crippen LogP contribution in [0.3, 0.4) is 0 Å². The van der Waals surface area contributed by atoms with E-state index in [9.17, 15) is 9.18 Å². The lowest BCUT2D eigenvalue weighted by Crippen LogP contribution is -2.31. The van der Waals surface area contributed by atoms with Crippen LogP contribution in [0.1, 0.15) is 12.8 Å². The molecule has 146 valence electrons. The zero-order chi connectivity index (χ0) is 19.7. The van der Waals surface area contributed by atoms with E-state index in [-0.39, 0.29) is 12.3 Å². The highest BCUT2D eigenvalue weighted by atomic mass is 19.1. The normalized spacial score (nSPS) is 20.1. The number of likely N-dealkylation sites (tertiary alicyclic amines) is 1. The predicted octanol–water partition coefficient (Wildman–Crippen LogP) is 2.02. The van der Waals surface area contributed by atoms with Gasteiger partial charge < -0.3 is 9.64 Å². The fourth-order valence-electron chi connectivity index (χ4n) is 3.34. The second-order valence-corrected chi connectivity index (χ2v) is 6.77. The van der Waals surface area contributed by atoms with Crippen molar-refractivity contribution in [3.05, 3.63) is 43.5 Å². The zero-order valence-electron chi connectivity index (χ0n) is 15.5. The summed E-state index contributed by atoms with van der Waals surface area (Å²) in [7, 11) is 1.82. The summed E-state index contributed by atoms with van der Waals surface area (Å²) in [5.74, 6) is 0.123. The first-order valence-electron chi connectivity index (χ1n) is 9.10. The van der Waals surface area contributed by atoms with Gasteiger partial charge in [0.05, 0.1) is 24.3 Å². The van der Waals surface area contributed by atoms with Crippen molar-refractivity contribution in [2.24, 2.45) is 7.05 Å².